The number of phenolic OH excluding ortho intramolecular Hbond substituents is 1. The number of aromatic hydroxyl groups is 1. The Bertz CT molecular complexity index is 257. The van der Waals surface area contributed by atoms with Crippen molar-refractivity contribution in [2.45, 2.75) is 12.5 Å². The van der Waals surface area contributed by atoms with Crippen LogP contribution in [0, 0.1) is 0 Å². The SMILES string of the molecule is CO[SiH](CCc1ccc(O)cc1)OC. The van der Waals surface area contributed by atoms with E-state index in [1.54, 1.807) is 26.4 Å². The topological polar surface area (TPSA) is 38.7 Å². The van der Waals surface area contributed by atoms with Crippen LogP contribution in [0.2, 0.25) is 6.04 Å². The Morgan fingerprint density at radius 3 is 2.21 bits per heavy atom. The molecule has 0 amide bonds. The third-order valence-corrected chi connectivity index (χ3v) is 3.94. The summed E-state index contributed by atoms with van der Waals surface area (Å²) < 4.78 is 10.4. The van der Waals surface area contributed by atoms with Gasteiger partial charge in [-0.25, -0.2) is 0 Å². The molecule has 78 valence electrons. The van der Waals surface area contributed by atoms with Crippen LogP contribution in [0.15, 0.2) is 24.3 Å². The predicted molar refractivity (Wildman–Crippen MR) is 57.8 cm³/mol. The largest absolute Gasteiger partial charge is 0.508 e. The van der Waals surface area contributed by atoms with Crippen LogP contribution in [-0.4, -0.2) is 28.6 Å². The molecule has 0 radical (unpaired) electrons. The zero-order chi connectivity index (χ0) is 10.4. The Morgan fingerprint density at radius 1 is 1.14 bits per heavy atom. The highest BCUT2D eigenvalue weighted by Crippen LogP contribution is 2.12. The van der Waals surface area contributed by atoms with E-state index in [0.29, 0.717) is 5.75 Å². The second-order valence-corrected chi connectivity index (χ2v) is 5.49. The average molecular weight is 212 g/mol. The monoisotopic (exact) mass is 212 g/mol. The molecular weight excluding hydrogens is 196 g/mol. The maximum atomic E-state index is 9.09. The van der Waals surface area contributed by atoms with Crippen LogP contribution in [0.4, 0.5) is 0 Å². The molecule has 0 aromatic heterocycles. The van der Waals surface area contributed by atoms with Gasteiger partial charge in [0.15, 0.2) is 0 Å². The van der Waals surface area contributed by atoms with Crippen LogP contribution in [0.5, 0.6) is 5.75 Å². The van der Waals surface area contributed by atoms with E-state index in [2.05, 4.69) is 0 Å². The molecular formula is C10H16O3Si. The Hall–Kier alpha value is -0.843. The summed E-state index contributed by atoms with van der Waals surface area (Å²) in [5, 5.41) is 9.09. The third kappa shape index (κ3) is 3.49. The van der Waals surface area contributed by atoms with Gasteiger partial charge in [0.05, 0.1) is 0 Å². The van der Waals surface area contributed by atoms with Gasteiger partial charge in [-0.05, 0) is 30.2 Å². The van der Waals surface area contributed by atoms with Gasteiger partial charge in [-0.3, -0.25) is 0 Å². The van der Waals surface area contributed by atoms with Crippen LogP contribution < -0.4 is 0 Å². The van der Waals surface area contributed by atoms with Crippen LogP contribution in [-0.2, 0) is 15.3 Å². The van der Waals surface area contributed by atoms with Crippen molar-refractivity contribution in [1.29, 1.82) is 0 Å². The zero-order valence-electron chi connectivity index (χ0n) is 8.56. The van der Waals surface area contributed by atoms with E-state index in [4.69, 9.17) is 14.0 Å². The first-order valence-electron chi connectivity index (χ1n) is 4.59. The molecule has 0 fully saturated rings. The van der Waals surface area contributed by atoms with Crippen molar-refractivity contribution in [2.24, 2.45) is 0 Å². The van der Waals surface area contributed by atoms with Gasteiger partial charge in [0.1, 0.15) is 5.75 Å². The lowest BCUT2D eigenvalue weighted by Gasteiger charge is -2.10. The molecule has 0 atom stereocenters. The number of benzene rings is 1. The van der Waals surface area contributed by atoms with Crippen molar-refractivity contribution in [3.05, 3.63) is 29.8 Å². The molecule has 0 aliphatic rings. The second-order valence-electron chi connectivity index (χ2n) is 3.11. The predicted octanol–water partition coefficient (Wildman–Crippen LogP) is 1.45. The molecule has 14 heavy (non-hydrogen) atoms. The fraction of sp³-hybridized carbons (Fsp3) is 0.400. The van der Waals surface area contributed by atoms with Crippen molar-refractivity contribution in [3.8, 4) is 5.75 Å². The molecule has 0 heterocycles. The molecule has 0 saturated carbocycles. The summed E-state index contributed by atoms with van der Waals surface area (Å²) in [7, 11) is 1.95. The molecule has 1 aromatic rings. The number of hydrogen-bond acceptors (Lipinski definition) is 3. The molecule has 1 rings (SSSR count). The molecule has 1 aromatic carbocycles. The van der Waals surface area contributed by atoms with Crippen molar-refractivity contribution in [1.82, 2.24) is 0 Å². The van der Waals surface area contributed by atoms with Crippen LogP contribution in [0.1, 0.15) is 5.56 Å². The summed E-state index contributed by atoms with van der Waals surface area (Å²) in [6.45, 7) is 0. The first-order valence-corrected chi connectivity index (χ1v) is 6.35. The quantitative estimate of drug-likeness (QED) is 0.751. The fourth-order valence-corrected chi connectivity index (χ4v) is 2.51. The highest BCUT2D eigenvalue weighted by atomic mass is 28.3. The first kappa shape index (κ1) is 11.2. The average Bonchev–Trinajstić information content (AvgIpc) is 2.22. The Morgan fingerprint density at radius 2 is 1.71 bits per heavy atom. The van der Waals surface area contributed by atoms with Gasteiger partial charge in [0.25, 0.3) is 0 Å². The molecule has 0 unspecified atom stereocenters. The minimum absolute atomic E-state index is 0.307. The van der Waals surface area contributed by atoms with E-state index in [1.807, 2.05) is 12.1 Å². The maximum Gasteiger partial charge on any atom is 0.321 e. The highest BCUT2D eigenvalue weighted by Gasteiger charge is 2.08. The van der Waals surface area contributed by atoms with E-state index in [-0.39, 0.29) is 0 Å². The standard InChI is InChI=1S/C10H16O3Si/c1-12-14(13-2)8-7-9-3-5-10(11)6-4-9/h3-6,11,14H,7-8H2,1-2H3. The molecule has 4 heteroatoms. The van der Waals surface area contributed by atoms with Gasteiger partial charge < -0.3 is 14.0 Å². The van der Waals surface area contributed by atoms with Crippen LogP contribution in [0.3, 0.4) is 0 Å². The van der Waals surface area contributed by atoms with Gasteiger partial charge >= 0.3 is 9.28 Å². The maximum absolute atomic E-state index is 9.09. The van der Waals surface area contributed by atoms with Crippen molar-refractivity contribution >= 4 is 9.28 Å². The molecule has 0 saturated heterocycles. The molecule has 0 aliphatic carbocycles. The van der Waals surface area contributed by atoms with Gasteiger partial charge in [0, 0.05) is 14.2 Å². The van der Waals surface area contributed by atoms with E-state index in [9.17, 15) is 0 Å². The van der Waals surface area contributed by atoms with Crippen LogP contribution >= 0.6 is 0 Å². The first-order chi connectivity index (χ1) is 6.76. The number of aryl methyl sites for hydroxylation is 1. The second kappa shape index (κ2) is 5.80. The van der Waals surface area contributed by atoms with Crippen molar-refractivity contribution in [3.63, 3.8) is 0 Å². The van der Waals surface area contributed by atoms with E-state index in [0.717, 1.165) is 12.5 Å². The van der Waals surface area contributed by atoms with E-state index in [1.165, 1.54) is 5.56 Å². The molecule has 3 nitrogen and oxygen atoms in total. The Balaban J connectivity index is 2.41. The van der Waals surface area contributed by atoms with Gasteiger partial charge in [-0.1, -0.05) is 12.1 Å². The van der Waals surface area contributed by atoms with Crippen molar-refractivity contribution < 1.29 is 14.0 Å². The van der Waals surface area contributed by atoms with Crippen molar-refractivity contribution in [2.75, 3.05) is 14.2 Å². The molecule has 0 aliphatic heterocycles. The molecule has 0 bridgehead atoms. The fourth-order valence-electron chi connectivity index (χ4n) is 1.28. The lowest BCUT2D eigenvalue weighted by Crippen LogP contribution is -2.19. The smallest absolute Gasteiger partial charge is 0.321 e. The summed E-state index contributed by atoms with van der Waals surface area (Å²) in [4.78, 5) is 0. The number of phenols is 1. The summed E-state index contributed by atoms with van der Waals surface area (Å²) in [6, 6.07) is 8.20. The summed E-state index contributed by atoms with van der Waals surface area (Å²) in [6.07, 6.45) is 0.943. The lowest BCUT2D eigenvalue weighted by molar-refractivity contribution is 0.277. The highest BCUT2D eigenvalue weighted by molar-refractivity contribution is 6.44. The normalized spacial score (nSPS) is 10.8. The van der Waals surface area contributed by atoms with E-state index >= 15 is 0 Å². The van der Waals surface area contributed by atoms with Gasteiger partial charge in [-0.2, -0.15) is 0 Å². The Labute approximate surface area is 86.1 Å². The summed E-state index contributed by atoms with van der Waals surface area (Å²) in [5.41, 5.74) is 1.20. The van der Waals surface area contributed by atoms with Gasteiger partial charge in [0.2, 0.25) is 0 Å². The number of rotatable bonds is 5. The van der Waals surface area contributed by atoms with Crippen LogP contribution in [0.25, 0.3) is 0 Å². The molecule has 0 spiro atoms. The minimum atomic E-state index is -1.44. The third-order valence-electron chi connectivity index (χ3n) is 2.13. The zero-order valence-corrected chi connectivity index (χ0v) is 9.72. The molecule has 1 N–H and O–H groups in total. The minimum Gasteiger partial charge on any atom is -0.508 e. The Kier molecular flexibility index (Phi) is 4.65. The lowest BCUT2D eigenvalue weighted by atomic mass is 10.2. The summed E-state index contributed by atoms with van der Waals surface area (Å²) >= 11 is 0. The van der Waals surface area contributed by atoms with Gasteiger partial charge in [-0.15, -0.1) is 0 Å². The number of hydrogen-bond donors (Lipinski definition) is 1. The van der Waals surface area contributed by atoms with E-state index < -0.39 is 9.28 Å². The summed E-state index contributed by atoms with van der Waals surface area (Å²) in [5.74, 6) is 0.307.